The molecule has 122 valence electrons. The third-order valence-electron chi connectivity index (χ3n) is 4.55. The summed E-state index contributed by atoms with van der Waals surface area (Å²) in [7, 11) is 0. The Bertz CT molecular complexity index is 478. The van der Waals surface area contributed by atoms with E-state index in [9.17, 15) is 4.79 Å². The molecule has 0 aromatic carbocycles. The third kappa shape index (κ3) is 3.84. The minimum atomic E-state index is 0.144. The van der Waals surface area contributed by atoms with E-state index in [-0.39, 0.29) is 12.0 Å². The van der Waals surface area contributed by atoms with Gasteiger partial charge in [-0.25, -0.2) is 4.98 Å². The van der Waals surface area contributed by atoms with Gasteiger partial charge in [0.05, 0.1) is 25.8 Å². The van der Waals surface area contributed by atoms with Crippen molar-refractivity contribution < 1.29 is 9.53 Å². The molecular formula is C15H25N5O2. The second-order valence-electron chi connectivity index (χ2n) is 6.26. The van der Waals surface area contributed by atoms with Crippen LogP contribution in [0, 0.1) is 0 Å². The second-order valence-corrected chi connectivity index (χ2v) is 6.26. The molecule has 0 unspecified atom stereocenters. The zero-order valence-corrected chi connectivity index (χ0v) is 13.2. The van der Waals surface area contributed by atoms with Gasteiger partial charge in [-0.2, -0.15) is 5.10 Å². The van der Waals surface area contributed by atoms with E-state index in [1.807, 2.05) is 16.5 Å². The summed E-state index contributed by atoms with van der Waals surface area (Å²) in [5, 5.41) is 4.19. The van der Waals surface area contributed by atoms with Crippen LogP contribution in [0.4, 0.5) is 0 Å². The van der Waals surface area contributed by atoms with E-state index in [2.05, 4.69) is 15.0 Å². The average molecular weight is 307 g/mol. The van der Waals surface area contributed by atoms with Crippen molar-refractivity contribution in [1.82, 2.24) is 24.6 Å². The van der Waals surface area contributed by atoms with Crippen LogP contribution in [0.1, 0.15) is 26.2 Å². The van der Waals surface area contributed by atoms with Crippen LogP contribution in [0.5, 0.6) is 0 Å². The highest BCUT2D eigenvalue weighted by atomic mass is 16.5. The Morgan fingerprint density at radius 1 is 1.36 bits per heavy atom. The number of amides is 1. The van der Waals surface area contributed by atoms with Crippen LogP contribution >= 0.6 is 0 Å². The van der Waals surface area contributed by atoms with Gasteiger partial charge in [-0.3, -0.25) is 14.4 Å². The third-order valence-corrected chi connectivity index (χ3v) is 4.55. The summed E-state index contributed by atoms with van der Waals surface area (Å²) in [5.74, 6) is 0.223. The van der Waals surface area contributed by atoms with Crippen molar-refractivity contribution in [3.8, 4) is 0 Å². The Kier molecular flexibility index (Phi) is 5.04. The van der Waals surface area contributed by atoms with Crippen LogP contribution in [0.2, 0.25) is 0 Å². The molecule has 1 aromatic rings. The molecule has 1 amide bonds. The number of hydrogen-bond donors (Lipinski definition) is 0. The molecule has 0 radical (unpaired) electrons. The number of hydrogen-bond acceptors (Lipinski definition) is 5. The summed E-state index contributed by atoms with van der Waals surface area (Å²) >= 11 is 0. The highest BCUT2D eigenvalue weighted by Gasteiger charge is 2.28. The van der Waals surface area contributed by atoms with E-state index < -0.39 is 0 Å². The smallest absolute Gasteiger partial charge is 0.236 e. The van der Waals surface area contributed by atoms with Crippen LogP contribution < -0.4 is 0 Å². The quantitative estimate of drug-likeness (QED) is 0.805. The lowest BCUT2D eigenvalue weighted by Gasteiger charge is -2.37. The first-order valence-corrected chi connectivity index (χ1v) is 8.18. The zero-order chi connectivity index (χ0) is 15.4. The van der Waals surface area contributed by atoms with Crippen LogP contribution in [-0.4, -0.2) is 75.4 Å². The number of morpholine rings is 1. The molecule has 22 heavy (non-hydrogen) atoms. The van der Waals surface area contributed by atoms with Gasteiger partial charge < -0.3 is 9.64 Å². The van der Waals surface area contributed by atoms with Crippen molar-refractivity contribution in [2.75, 3.05) is 32.8 Å². The number of piperidine rings is 1. The molecule has 1 aromatic heterocycles. The number of nitrogens with zero attached hydrogens (tertiary/aromatic N) is 5. The Morgan fingerprint density at radius 3 is 3.05 bits per heavy atom. The average Bonchev–Trinajstić information content (AvgIpc) is 3.02. The summed E-state index contributed by atoms with van der Waals surface area (Å²) in [4.78, 5) is 20.8. The molecule has 0 saturated carbocycles. The topological polar surface area (TPSA) is 63.5 Å². The molecule has 0 N–H and O–H groups in total. The summed E-state index contributed by atoms with van der Waals surface area (Å²) in [5.41, 5.74) is 0. The van der Waals surface area contributed by atoms with Gasteiger partial charge in [0.1, 0.15) is 12.7 Å². The Labute approximate surface area is 131 Å². The Balaban J connectivity index is 1.57. The first kappa shape index (κ1) is 15.4. The molecular weight excluding hydrogens is 282 g/mol. The van der Waals surface area contributed by atoms with Crippen molar-refractivity contribution in [1.29, 1.82) is 0 Å². The van der Waals surface area contributed by atoms with E-state index >= 15 is 0 Å². The first-order valence-electron chi connectivity index (χ1n) is 8.18. The van der Waals surface area contributed by atoms with Gasteiger partial charge >= 0.3 is 0 Å². The van der Waals surface area contributed by atoms with Crippen LogP contribution in [0.3, 0.4) is 0 Å². The molecule has 2 atom stereocenters. The minimum Gasteiger partial charge on any atom is -0.375 e. The van der Waals surface area contributed by atoms with Crippen molar-refractivity contribution in [2.45, 2.75) is 44.9 Å². The molecule has 0 aliphatic carbocycles. The van der Waals surface area contributed by atoms with Gasteiger partial charge in [0, 0.05) is 19.1 Å². The second kappa shape index (κ2) is 7.19. The van der Waals surface area contributed by atoms with E-state index in [0.29, 0.717) is 32.3 Å². The predicted octanol–water partition coefficient (Wildman–Crippen LogP) is 0.380. The fourth-order valence-corrected chi connectivity index (χ4v) is 3.34. The number of likely N-dealkylation sites (tertiary alicyclic amines) is 1. The normalized spacial score (nSPS) is 27.0. The van der Waals surface area contributed by atoms with Crippen molar-refractivity contribution >= 4 is 5.91 Å². The molecule has 0 spiro atoms. The number of aromatic nitrogens is 3. The number of ether oxygens (including phenoxy) is 1. The van der Waals surface area contributed by atoms with Crippen LogP contribution in [0.15, 0.2) is 12.7 Å². The first-order chi connectivity index (χ1) is 10.7. The highest BCUT2D eigenvalue weighted by molar-refractivity contribution is 5.78. The number of carbonyl (C=O) groups excluding carboxylic acids is 1. The molecule has 2 fully saturated rings. The Hall–Kier alpha value is -1.47. The van der Waals surface area contributed by atoms with E-state index in [1.54, 1.807) is 12.7 Å². The maximum absolute atomic E-state index is 12.6. The van der Waals surface area contributed by atoms with Gasteiger partial charge in [0.15, 0.2) is 0 Å². The van der Waals surface area contributed by atoms with Gasteiger partial charge in [0.25, 0.3) is 0 Å². The maximum Gasteiger partial charge on any atom is 0.236 e. The number of carbonyl (C=O) groups is 1. The van der Waals surface area contributed by atoms with E-state index in [4.69, 9.17) is 4.74 Å². The summed E-state index contributed by atoms with van der Waals surface area (Å²) in [6.07, 6.45) is 6.96. The molecule has 2 saturated heterocycles. The number of rotatable bonds is 4. The van der Waals surface area contributed by atoms with Gasteiger partial charge in [-0.15, -0.1) is 0 Å². The lowest BCUT2D eigenvalue weighted by Crippen LogP contribution is -2.51. The highest BCUT2D eigenvalue weighted by Crippen LogP contribution is 2.18. The van der Waals surface area contributed by atoms with Gasteiger partial charge in [-0.05, 0) is 26.3 Å². The summed E-state index contributed by atoms with van der Waals surface area (Å²) in [6.45, 7) is 6.40. The molecule has 2 aliphatic rings. The lowest BCUT2D eigenvalue weighted by atomic mass is 10.0. The Morgan fingerprint density at radius 2 is 2.27 bits per heavy atom. The van der Waals surface area contributed by atoms with E-state index in [1.165, 1.54) is 12.8 Å². The minimum absolute atomic E-state index is 0.144. The summed E-state index contributed by atoms with van der Waals surface area (Å²) < 4.78 is 7.38. The molecule has 2 aliphatic heterocycles. The van der Waals surface area contributed by atoms with Crippen molar-refractivity contribution in [3.63, 3.8) is 0 Å². The molecule has 7 nitrogen and oxygen atoms in total. The molecule has 7 heteroatoms. The monoisotopic (exact) mass is 307 g/mol. The van der Waals surface area contributed by atoms with Crippen LogP contribution in [0.25, 0.3) is 0 Å². The molecule has 0 bridgehead atoms. The van der Waals surface area contributed by atoms with Crippen LogP contribution in [-0.2, 0) is 16.1 Å². The van der Waals surface area contributed by atoms with Gasteiger partial charge in [-0.1, -0.05) is 6.42 Å². The lowest BCUT2D eigenvalue weighted by molar-refractivity contribution is -0.140. The molecule has 3 heterocycles. The van der Waals surface area contributed by atoms with E-state index in [0.717, 1.165) is 19.5 Å². The van der Waals surface area contributed by atoms with Crippen molar-refractivity contribution in [3.05, 3.63) is 12.7 Å². The predicted molar refractivity (Wildman–Crippen MR) is 81.2 cm³/mol. The standard InChI is InChI=1S/C15H25N5O2/c1-13-8-19(6-7-22-13)15(21)10-18-5-3-2-4-14(18)9-20-12-16-11-17-20/h11-14H,2-10H2,1H3/t13-,14+/m1/s1. The largest absolute Gasteiger partial charge is 0.375 e. The fraction of sp³-hybridized carbons (Fsp3) is 0.800. The maximum atomic E-state index is 12.6. The zero-order valence-electron chi connectivity index (χ0n) is 13.2. The van der Waals surface area contributed by atoms with Gasteiger partial charge in [0.2, 0.25) is 5.91 Å². The van der Waals surface area contributed by atoms with Crippen molar-refractivity contribution in [2.24, 2.45) is 0 Å². The fourth-order valence-electron chi connectivity index (χ4n) is 3.34. The molecule has 3 rings (SSSR count). The summed E-state index contributed by atoms with van der Waals surface area (Å²) in [6, 6.07) is 0.373. The SMILES string of the molecule is C[C@@H]1CN(C(=O)CN2CCCC[C@H]2Cn2cncn2)CCO1.